The molecule has 1 saturated heterocycles. The van der Waals surface area contributed by atoms with Crippen molar-refractivity contribution in [3.05, 3.63) is 79.5 Å². The number of esters is 1. The molecule has 1 aliphatic carbocycles. The van der Waals surface area contributed by atoms with E-state index in [0.717, 1.165) is 63.7 Å². The molecule has 7 nitrogen and oxygen atoms in total. The number of fused-ring (bicyclic) bond motifs is 7. The third-order valence-electron chi connectivity index (χ3n) is 10.1. The van der Waals surface area contributed by atoms with E-state index in [1.165, 1.54) is 35.2 Å². The van der Waals surface area contributed by atoms with Gasteiger partial charge in [0.15, 0.2) is 0 Å². The predicted octanol–water partition coefficient (Wildman–Crippen LogP) is 5.68. The van der Waals surface area contributed by atoms with Gasteiger partial charge in [0.2, 0.25) is 0 Å². The summed E-state index contributed by atoms with van der Waals surface area (Å²) >= 11 is 0. The Kier molecular flexibility index (Phi) is 6.41. The number of carbonyl (C=O) groups is 1. The summed E-state index contributed by atoms with van der Waals surface area (Å²) in [5, 5.41) is 19.1. The lowest BCUT2D eigenvalue weighted by molar-refractivity contribution is -0.146. The highest BCUT2D eigenvalue weighted by molar-refractivity contribution is 5.94. The van der Waals surface area contributed by atoms with Crippen LogP contribution >= 0.6 is 0 Å². The minimum absolute atomic E-state index is 0.133. The van der Waals surface area contributed by atoms with Crippen molar-refractivity contribution in [2.75, 3.05) is 7.11 Å². The number of H-pyrrole nitrogens is 2. The molecule has 6 rings (SSSR count). The molecule has 40 heavy (non-hydrogen) atoms. The highest BCUT2D eigenvalue weighted by Gasteiger charge is 2.48. The molecule has 3 aliphatic heterocycles. The lowest BCUT2D eigenvalue weighted by Crippen LogP contribution is -2.23. The van der Waals surface area contributed by atoms with Gasteiger partial charge in [-0.05, 0) is 68.0 Å². The lowest BCUT2D eigenvalue weighted by atomic mass is 9.88. The van der Waals surface area contributed by atoms with Gasteiger partial charge >= 0.3 is 5.97 Å². The van der Waals surface area contributed by atoms with E-state index in [9.17, 15) is 9.90 Å². The molecule has 0 radical (unpaired) electrons. The van der Waals surface area contributed by atoms with Gasteiger partial charge in [0.05, 0.1) is 18.9 Å². The number of rotatable bonds is 3. The second-order valence-corrected chi connectivity index (χ2v) is 12.0. The summed E-state index contributed by atoms with van der Waals surface area (Å²) in [7, 11) is 1.40. The molecule has 0 saturated carbocycles. The zero-order valence-electron chi connectivity index (χ0n) is 24.9. The maximum atomic E-state index is 13.1. The Morgan fingerprint density at radius 1 is 1.00 bits per heavy atom. The largest absolute Gasteiger partial charge is 0.468 e. The van der Waals surface area contributed by atoms with Gasteiger partial charge in [-0.3, -0.25) is 4.79 Å². The molecule has 5 atom stereocenters. The van der Waals surface area contributed by atoms with Gasteiger partial charge in [-0.2, -0.15) is 0 Å². The van der Waals surface area contributed by atoms with Crippen molar-refractivity contribution in [3.8, 4) is 0 Å². The minimum Gasteiger partial charge on any atom is -0.468 e. The number of carbonyl (C=O) groups excluding carboxylic acids is 1. The van der Waals surface area contributed by atoms with Crippen LogP contribution in [0, 0.1) is 37.5 Å². The first-order chi connectivity index (χ1) is 19.1. The summed E-state index contributed by atoms with van der Waals surface area (Å²) in [6.07, 6.45) is 6.23. The molecule has 8 bridgehead atoms. The van der Waals surface area contributed by atoms with Gasteiger partial charge in [0.25, 0.3) is 0 Å². The molecule has 2 aromatic heterocycles. The van der Waals surface area contributed by atoms with Crippen molar-refractivity contribution in [2.24, 2.45) is 23.7 Å². The van der Waals surface area contributed by atoms with E-state index in [1.807, 2.05) is 0 Å². The summed E-state index contributed by atoms with van der Waals surface area (Å²) < 4.78 is 5.23. The fourth-order valence-electron chi connectivity index (χ4n) is 7.52. The Hall–Kier alpha value is -3.45. The number of hydrogen-bond acceptors (Lipinski definition) is 5. The molecule has 0 spiro atoms. The first kappa shape index (κ1) is 26.8. The second kappa shape index (κ2) is 9.58. The standard InChI is InChI=1S/C33H42N4O3/c1-9-19-16(5)22-11-21-14(3)15(4)30(36-21)28-29(33(39)40-8)32(38)27-18(7)24(37-31(27)28)13-26-20(10-2)17(6)23(35-26)12-25(19)34-22/h11-12,14-15,19,29,32,34-38H,9-10,13H2,1-8H3/b21-11-,25-12?,30-28-/t14-,15-,19-,29+,32+/m0/s1. The van der Waals surface area contributed by atoms with Crippen LogP contribution in [0.3, 0.4) is 0 Å². The van der Waals surface area contributed by atoms with E-state index in [-0.39, 0.29) is 11.8 Å². The zero-order chi connectivity index (χ0) is 28.6. The number of allylic oxidation sites excluding steroid dienone is 4. The van der Waals surface area contributed by atoms with Crippen LogP contribution < -0.4 is 10.6 Å². The minimum atomic E-state index is -0.963. The molecule has 1 fully saturated rings. The number of methoxy groups -OCH3 is 1. The highest BCUT2D eigenvalue weighted by Crippen LogP contribution is 2.51. The highest BCUT2D eigenvalue weighted by atomic mass is 16.5. The normalized spacial score (nSPS) is 30.2. The molecule has 5 N–H and O–H groups in total. The first-order valence-corrected chi connectivity index (χ1v) is 14.7. The quantitative estimate of drug-likeness (QED) is 0.321. The predicted molar refractivity (Wildman–Crippen MR) is 158 cm³/mol. The summed E-state index contributed by atoms with van der Waals surface area (Å²) in [6.45, 7) is 15.4. The first-order valence-electron chi connectivity index (χ1n) is 14.7. The number of ether oxygens (including phenoxy) is 1. The smallest absolute Gasteiger partial charge is 0.316 e. The van der Waals surface area contributed by atoms with Gasteiger partial charge < -0.3 is 30.4 Å². The van der Waals surface area contributed by atoms with E-state index in [2.05, 4.69) is 81.2 Å². The van der Waals surface area contributed by atoms with E-state index < -0.39 is 18.0 Å². The van der Waals surface area contributed by atoms with Crippen LogP contribution in [0.1, 0.15) is 92.2 Å². The fourth-order valence-corrected chi connectivity index (χ4v) is 7.52. The summed E-state index contributed by atoms with van der Waals surface area (Å²) in [5.41, 5.74) is 15.3. The number of aliphatic hydroxyl groups is 1. The van der Waals surface area contributed by atoms with Crippen molar-refractivity contribution < 1.29 is 14.6 Å². The summed E-state index contributed by atoms with van der Waals surface area (Å²) in [5.74, 6) is -0.514. The summed E-state index contributed by atoms with van der Waals surface area (Å²) in [4.78, 5) is 20.6. The summed E-state index contributed by atoms with van der Waals surface area (Å²) in [6, 6.07) is 0. The maximum absolute atomic E-state index is 13.1. The number of nitrogens with one attached hydrogen (secondary N) is 4. The van der Waals surface area contributed by atoms with Gasteiger partial charge in [-0.15, -0.1) is 0 Å². The monoisotopic (exact) mass is 542 g/mol. The third kappa shape index (κ3) is 3.70. The Bertz CT molecular complexity index is 1550. The molecule has 212 valence electrons. The molecule has 2 aromatic rings. The fraction of sp³-hybridized carbons (Fsp3) is 0.485. The average molecular weight is 543 g/mol. The maximum Gasteiger partial charge on any atom is 0.316 e. The SMILES string of the molecule is CCc1c2[nH]c(c1C)C=C1NC(=C(C)[C@@H]1CC)/C=C1\N/C(=C3\c4[nH]c(c(C)c4[C@@H](O)[C@@H]3C(=O)OC)C2)[C@@H](C)[C@@H]1C. The molecule has 4 aliphatic rings. The number of aromatic amines is 2. The van der Waals surface area contributed by atoms with E-state index in [0.29, 0.717) is 12.3 Å². The molecule has 0 amide bonds. The van der Waals surface area contributed by atoms with Crippen LogP contribution in [0.25, 0.3) is 11.6 Å². The van der Waals surface area contributed by atoms with Gasteiger partial charge in [-0.25, -0.2) is 0 Å². The Morgan fingerprint density at radius 3 is 2.42 bits per heavy atom. The Morgan fingerprint density at radius 2 is 1.75 bits per heavy atom. The van der Waals surface area contributed by atoms with Gasteiger partial charge in [0.1, 0.15) is 5.92 Å². The van der Waals surface area contributed by atoms with Crippen LogP contribution in [0.2, 0.25) is 0 Å². The number of hydrogen-bond donors (Lipinski definition) is 5. The van der Waals surface area contributed by atoms with Crippen LogP contribution in [-0.2, 0) is 22.4 Å². The van der Waals surface area contributed by atoms with E-state index in [4.69, 9.17) is 4.74 Å². The van der Waals surface area contributed by atoms with Crippen molar-refractivity contribution >= 4 is 17.6 Å². The van der Waals surface area contributed by atoms with Crippen molar-refractivity contribution in [1.82, 2.24) is 20.6 Å². The van der Waals surface area contributed by atoms with Crippen LogP contribution in [-0.4, -0.2) is 28.2 Å². The Labute approximate surface area is 236 Å². The topological polar surface area (TPSA) is 102 Å². The molecular weight excluding hydrogens is 500 g/mol. The van der Waals surface area contributed by atoms with Crippen molar-refractivity contribution in [3.63, 3.8) is 0 Å². The Balaban J connectivity index is 1.63. The molecular formula is C33H42N4O3. The number of aromatic nitrogens is 2. The molecule has 0 aromatic carbocycles. The van der Waals surface area contributed by atoms with Gasteiger partial charge in [0, 0.05) is 75.2 Å². The van der Waals surface area contributed by atoms with Crippen LogP contribution in [0.15, 0.2) is 34.4 Å². The second-order valence-electron chi connectivity index (χ2n) is 12.0. The number of aliphatic hydroxyl groups excluding tert-OH is 1. The van der Waals surface area contributed by atoms with Gasteiger partial charge in [-0.1, -0.05) is 27.7 Å². The van der Waals surface area contributed by atoms with Crippen molar-refractivity contribution in [1.29, 1.82) is 0 Å². The van der Waals surface area contributed by atoms with Crippen LogP contribution in [0.5, 0.6) is 0 Å². The molecule has 0 unspecified atom stereocenters. The zero-order valence-corrected chi connectivity index (χ0v) is 24.9. The van der Waals surface area contributed by atoms with E-state index in [1.54, 1.807) is 0 Å². The van der Waals surface area contributed by atoms with Crippen LogP contribution in [0.4, 0.5) is 0 Å². The van der Waals surface area contributed by atoms with E-state index >= 15 is 0 Å². The average Bonchev–Trinajstić information content (AvgIpc) is 3.66. The third-order valence-corrected chi connectivity index (χ3v) is 10.1. The molecule has 5 heterocycles. The van der Waals surface area contributed by atoms with Crippen molar-refractivity contribution in [2.45, 2.75) is 73.8 Å². The lowest BCUT2D eigenvalue weighted by Gasteiger charge is -2.19. The molecule has 7 heteroatoms.